The smallest absolute Gasteiger partial charge is 0.249 e. The lowest BCUT2D eigenvalue weighted by Gasteiger charge is -2.11. The minimum absolute atomic E-state index is 0.150. The topological polar surface area (TPSA) is 65.4 Å². The van der Waals surface area contributed by atoms with Crippen molar-refractivity contribution in [2.75, 3.05) is 12.4 Å². The highest BCUT2D eigenvalue weighted by atomic mass is 35.5. The second-order valence-corrected chi connectivity index (χ2v) is 8.00. The molecule has 0 saturated carbocycles. The number of nitrogens with one attached hydrogen (secondary N) is 1. The van der Waals surface area contributed by atoms with Crippen LogP contribution in [-0.2, 0) is 17.9 Å². The molecule has 1 aromatic heterocycles. The van der Waals surface area contributed by atoms with Crippen molar-refractivity contribution in [1.82, 2.24) is 9.78 Å². The van der Waals surface area contributed by atoms with Gasteiger partial charge in [0.2, 0.25) is 5.91 Å². The van der Waals surface area contributed by atoms with E-state index in [0.717, 1.165) is 16.9 Å². The van der Waals surface area contributed by atoms with Gasteiger partial charge in [-0.1, -0.05) is 41.9 Å². The van der Waals surface area contributed by atoms with Crippen molar-refractivity contribution in [1.29, 1.82) is 0 Å². The normalized spacial score (nSPS) is 10.9. The third-order valence-corrected chi connectivity index (χ3v) is 5.50. The average molecular weight is 492 g/mol. The second-order valence-electron chi connectivity index (χ2n) is 7.59. The molecular formula is C27H23ClFN3O3. The van der Waals surface area contributed by atoms with Gasteiger partial charge < -0.3 is 14.8 Å². The van der Waals surface area contributed by atoms with E-state index in [0.29, 0.717) is 28.8 Å². The molecule has 0 spiro atoms. The summed E-state index contributed by atoms with van der Waals surface area (Å²) in [5.74, 6) is 1.04. The Morgan fingerprint density at radius 2 is 1.94 bits per heavy atom. The van der Waals surface area contributed by atoms with E-state index in [-0.39, 0.29) is 12.5 Å². The number of ether oxygens (including phenoxy) is 2. The summed E-state index contributed by atoms with van der Waals surface area (Å²) in [6, 6.07) is 21.2. The highest BCUT2D eigenvalue weighted by Crippen LogP contribution is 2.23. The highest BCUT2D eigenvalue weighted by molar-refractivity contribution is 6.31. The van der Waals surface area contributed by atoms with Gasteiger partial charge in [-0.2, -0.15) is 5.10 Å². The first kappa shape index (κ1) is 24.0. The number of amides is 1. The van der Waals surface area contributed by atoms with Gasteiger partial charge in [-0.05, 0) is 48.0 Å². The number of carbonyl (C=O) groups is 1. The molecule has 3 aromatic carbocycles. The lowest BCUT2D eigenvalue weighted by molar-refractivity contribution is -0.111. The van der Waals surface area contributed by atoms with Gasteiger partial charge in [-0.15, -0.1) is 0 Å². The zero-order chi connectivity index (χ0) is 24.6. The van der Waals surface area contributed by atoms with Crippen molar-refractivity contribution < 1.29 is 18.7 Å². The molecular weight excluding hydrogens is 469 g/mol. The van der Waals surface area contributed by atoms with Gasteiger partial charge in [0, 0.05) is 34.5 Å². The largest absolute Gasteiger partial charge is 0.496 e. The van der Waals surface area contributed by atoms with Gasteiger partial charge in [-0.25, -0.2) is 4.39 Å². The summed E-state index contributed by atoms with van der Waals surface area (Å²) in [6.07, 6.45) is 4.75. The number of carbonyl (C=O) groups excluding carboxylic acids is 1. The van der Waals surface area contributed by atoms with E-state index in [1.165, 1.54) is 16.8 Å². The number of benzene rings is 3. The zero-order valence-electron chi connectivity index (χ0n) is 18.9. The van der Waals surface area contributed by atoms with Crippen LogP contribution in [0.25, 0.3) is 6.08 Å². The minimum atomic E-state index is -0.408. The van der Waals surface area contributed by atoms with Crippen LogP contribution in [0.1, 0.15) is 16.7 Å². The van der Waals surface area contributed by atoms with Crippen LogP contribution >= 0.6 is 11.6 Å². The first-order chi connectivity index (χ1) is 17.0. The molecule has 0 aliphatic rings. The fourth-order valence-corrected chi connectivity index (χ4v) is 3.62. The average Bonchev–Trinajstić information content (AvgIpc) is 3.31. The monoisotopic (exact) mass is 491 g/mol. The Kier molecular flexibility index (Phi) is 7.80. The highest BCUT2D eigenvalue weighted by Gasteiger charge is 2.10. The van der Waals surface area contributed by atoms with Crippen LogP contribution in [0.3, 0.4) is 0 Å². The van der Waals surface area contributed by atoms with Gasteiger partial charge in [-0.3, -0.25) is 9.48 Å². The van der Waals surface area contributed by atoms with Gasteiger partial charge >= 0.3 is 0 Å². The number of halogens is 2. The third-order valence-electron chi connectivity index (χ3n) is 5.14. The number of rotatable bonds is 9. The fourth-order valence-electron chi connectivity index (χ4n) is 3.39. The summed E-state index contributed by atoms with van der Waals surface area (Å²) in [7, 11) is 1.60. The second kappa shape index (κ2) is 11.4. The Labute approximate surface area is 207 Å². The van der Waals surface area contributed by atoms with Gasteiger partial charge in [0.1, 0.15) is 23.9 Å². The van der Waals surface area contributed by atoms with Crippen LogP contribution in [0.2, 0.25) is 5.02 Å². The van der Waals surface area contributed by atoms with Crippen molar-refractivity contribution in [2.24, 2.45) is 0 Å². The van der Waals surface area contributed by atoms with Crippen molar-refractivity contribution >= 4 is 29.4 Å². The molecule has 0 bridgehead atoms. The molecule has 6 nitrogen and oxygen atoms in total. The molecule has 1 N–H and O–H groups in total. The Morgan fingerprint density at radius 1 is 1.11 bits per heavy atom. The molecule has 8 heteroatoms. The van der Waals surface area contributed by atoms with E-state index in [1.54, 1.807) is 37.6 Å². The van der Waals surface area contributed by atoms with Crippen LogP contribution in [0, 0.1) is 5.82 Å². The van der Waals surface area contributed by atoms with E-state index in [2.05, 4.69) is 10.4 Å². The van der Waals surface area contributed by atoms with Gasteiger partial charge in [0.15, 0.2) is 5.82 Å². The molecule has 178 valence electrons. The quantitative estimate of drug-likeness (QED) is 0.293. The number of aromatic nitrogens is 2. The van der Waals surface area contributed by atoms with Crippen molar-refractivity contribution in [2.45, 2.75) is 13.2 Å². The Morgan fingerprint density at radius 3 is 2.71 bits per heavy atom. The summed E-state index contributed by atoms with van der Waals surface area (Å²) < 4.78 is 26.8. The van der Waals surface area contributed by atoms with E-state index >= 15 is 0 Å². The lowest BCUT2D eigenvalue weighted by Crippen LogP contribution is -2.10. The first-order valence-electron chi connectivity index (χ1n) is 10.8. The molecule has 1 amide bonds. The minimum Gasteiger partial charge on any atom is -0.496 e. The molecule has 4 aromatic rings. The zero-order valence-corrected chi connectivity index (χ0v) is 19.7. The Hall–Kier alpha value is -4.10. The maximum absolute atomic E-state index is 14.0. The predicted molar refractivity (Wildman–Crippen MR) is 134 cm³/mol. The standard InChI is InChI=1S/C27H23ClFN3O3/c1-34-25-12-10-19(16-20(25)18-35-21-6-3-2-4-7-21)11-13-27(33)30-26-14-15-32(31-26)17-22-23(28)8-5-9-24(22)29/h2-16H,17-18H2,1H3,(H,30,31,33)/b13-11+. The molecule has 0 radical (unpaired) electrons. The maximum Gasteiger partial charge on any atom is 0.249 e. The third kappa shape index (κ3) is 6.49. The van der Waals surface area contributed by atoms with E-state index in [9.17, 15) is 9.18 Å². The van der Waals surface area contributed by atoms with Crippen LogP contribution < -0.4 is 14.8 Å². The Balaban J connectivity index is 1.38. The summed E-state index contributed by atoms with van der Waals surface area (Å²) in [5, 5.41) is 7.28. The summed E-state index contributed by atoms with van der Waals surface area (Å²) in [5.41, 5.74) is 2.00. The SMILES string of the molecule is COc1ccc(/C=C/C(=O)Nc2ccn(Cc3c(F)cccc3Cl)n2)cc1COc1ccccc1. The molecule has 0 aliphatic heterocycles. The van der Waals surface area contributed by atoms with E-state index in [1.807, 2.05) is 48.5 Å². The van der Waals surface area contributed by atoms with E-state index < -0.39 is 5.82 Å². The van der Waals surface area contributed by atoms with Gasteiger partial charge in [0.25, 0.3) is 0 Å². The summed E-state index contributed by atoms with van der Waals surface area (Å²) in [6.45, 7) is 0.474. The van der Waals surface area contributed by atoms with Crippen molar-refractivity contribution in [3.8, 4) is 11.5 Å². The van der Waals surface area contributed by atoms with Crippen molar-refractivity contribution in [3.05, 3.63) is 113 Å². The number of hydrogen-bond acceptors (Lipinski definition) is 4. The van der Waals surface area contributed by atoms with Gasteiger partial charge in [0.05, 0.1) is 13.7 Å². The van der Waals surface area contributed by atoms with Crippen LogP contribution in [0.4, 0.5) is 10.2 Å². The lowest BCUT2D eigenvalue weighted by atomic mass is 10.1. The van der Waals surface area contributed by atoms with Crippen LogP contribution in [0.5, 0.6) is 11.5 Å². The predicted octanol–water partition coefficient (Wildman–Crippen LogP) is 5.96. The molecule has 1 heterocycles. The van der Waals surface area contributed by atoms with Crippen LogP contribution in [-0.4, -0.2) is 22.8 Å². The van der Waals surface area contributed by atoms with Crippen LogP contribution in [0.15, 0.2) is 85.1 Å². The summed E-state index contributed by atoms with van der Waals surface area (Å²) in [4.78, 5) is 12.4. The molecule has 0 unspecified atom stereocenters. The maximum atomic E-state index is 14.0. The Bertz CT molecular complexity index is 1320. The number of anilines is 1. The molecule has 35 heavy (non-hydrogen) atoms. The number of hydrogen-bond donors (Lipinski definition) is 1. The molecule has 0 atom stereocenters. The molecule has 0 aliphatic carbocycles. The van der Waals surface area contributed by atoms with E-state index in [4.69, 9.17) is 21.1 Å². The number of nitrogens with zero attached hydrogens (tertiary/aromatic N) is 2. The molecule has 4 rings (SSSR count). The first-order valence-corrected chi connectivity index (χ1v) is 11.2. The van der Waals surface area contributed by atoms with Crippen molar-refractivity contribution in [3.63, 3.8) is 0 Å². The molecule has 0 saturated heterocycles. The molecule has 0 fully saturated rings. The fraction of sp³-hybridized carbons (Fsp3) is 0.111. The number of methoxy groups -OCH3 is 1. The summed E-state index contributed by atoms with van der Waals surface area (Å²) >= 11 is 6.08. The number of para-hydroxylation sites is 1.